The molecule has 27 heavy (non-hydrogen) atoms. The summed E-state index contributed by atoms with van der Waals surface area (Å²) in [5.41, 5.74) is 5.56. The summed E-state index contributed by atoms with van der Waals surface area (Å²) in [7, 11) is 0. The molecule has 0 atom stereocenters. The van der Waals surface area contributed by atoms with Crippen molar-refractivity contribution in [2.75, 3.05) is 18.2 Å². The quantitative estimate of drug-likeness (QED) is 0.320. The summed E-state index contributed by atoms with van der Waals surface area (Å²) in [5, 5.41) is 13.5. The third-order valence-electron chi connectivity index (χ3n) is 3.40. The number of nitro benzene ring substituents is 1. The Morgan fingerprint density at radius 2 is 1.78 bits per heavy atom. The summed E-state index contributed by atoms with van der Waals surface area (Å²) in [6.07, 6.45) is 1.68. The van der Waals surface area contributed by atoms with E-state index in [0.717, 1.165) is 6.07 Å². The third-order valence-corrected chi connectivity index (χ3v) is 4.18. The van der Waals surface area contributed by atoms with Crippen LogP contribution in [0.15, 0.2) is 47.4 Å². The Balaban J connectivity index is 1.96. The molecule has 2 aromatic rings. The predicted octanol–water partition coefficient (Wildman–Crippen LogP) is 2.21. The highest BCUT2D eigenvalue weighted by Crippen LogP contribution is 2.28. The lowest BCUT2D eigenvalue weighted by molar-refractivity contribution is -0.387. The highest BCUT2D eigenvalue weighted by atomic mass is 32.2. The average molecular weight is 389 g/mol. The number of thioether (sulfide) groups is 1. The van der Waals surface area contributed by atoms with Gasteiger partial charge in [-0.15, -0.1) is 11.8 Å². The first-order valence-corrected chi connectivity index (χ1v) is 8.73. The Kier molecular flexibility index (Phi) is 6.50. The van der Waals surface area contributed by atoms with E-state index in [-0.39, 0.29) is 16.8 Å². The maximum Gasteiger partial charge on any atom is 0.338 e. The number of hydrogen-bond donors (Lipinski definition) is 2. The highest BCUT2D eigenvalue weighted by molar-refractivity contribution is 7.98. The monoisotopic (exact) mass is 389 g/mol. The largest absolute Gasteiger partial charge is 0.452 e. The zero-order chi connectivity index (χ0) is 20.0. The number of ether oxygens (including phenoxy) is 1. The van der Waals surface area contributed by atoms with Crippen molar-refractivity contribution in [1.82, 2.24) is 0 Å². The minimum atomic E-state index is -0.857. The van der Waals surface area contributed by atoms with Gasteiger partial charge in [-0.1, -0.05) is 0 Å². The molecule has 0 spiro atoms. The zero-order valence-electron chi connectivity index (χ0n) is 14.1. The first kappa shape index (κ1) is 19.9. The molecule has 10 heteroatoms. The molecule has 2 rings (SSSR count). The van der Waals surface area contributed by atoms with Gasteiger partial charge in [-0.05, 0) is 42.7 Å². The molecule has 0 aliphatic heterocycles. The van der Waals surface area contributed by atoms with Crippen molar-refractivity contribution in [3.63, 3.8) is 0 Å². The lowest BCUT2D eigenvalue weighted by atomic mass is 10.2. The average Bonchev–Trinajstić information content (AvgIpc) is 2.65. The molecule has 140 valence electrons. The van der Waals surface area contributed by atoms with E-state index in [0.29, 0.717) is 10.6 Å². The number of nitrogens with one attached hydrogen (secondary N) is 1. The van der Waals surface area contributed by atoms with E-state index in [1.165, 1.54) is 48.2 Å². The second-order valence-electron chi connectivity index (χ2n) is 5.21. The van der Waals surface area contributed by atoms with Crippen LogP contribution in [0.3, 0.4) is 0 Å². The molecule has 0 saturated heterocycles. The highest BCUT2D eigenvalue weighted by Gasteiger charge is 2.18. The minimum absolute atomic E-state index is 0.0295. The molecule has 0 saturated carbocycles. The first-order chi connectivity index (χ1) is 12.8. The first-order valence-electron chi connectivity index (χ1n) is 7.51. The number of hydrogen-bond acceptors (Lipinski definition) is 7. The number of rotatable bonds is 7. The van der Waals surface area contributed by atoms with Gasteiger partial charge in [0, 0.05) is 17.3 Å². The summed E-state index contributed by atoms with van der Waals surface area (Å²) in [6, 6.07) is 9.78. The van der Waals surface area contributed by atoms with Crippen LogP contribution in [0, 0.1) is 10.1 Å². The second kappa shape index (κ2) is 8.81. The van der Waals surface area contributed by atoms with Crippen LogP contribution >= 0.6 is 11.8 Å². The van der Waals surface area contributed by atoms with E-state index in [1.807, 2.05) is 0 Å². The van der Waals surface area contributed by atoms with Gasteiger partial charge in [0.1, 0.15) is 0 Å². The fourth-order valence-electron chi connectivity index (χ4n) is 2.09. The van der Waals surface area contributed by atoms with E-state index in [4.69, 9.17) is 10.5 Å². The molecule has 9 nitrogen and oxygen atoms in total. The van der Waals surface area contributed by atoms with Gasteiger partial charge in [0.15, 0.2) is 6.61 Å². The Hall–Kier alpha value is -3.40. The van der Waals surface area contributed by atoms with Crippen LogP contribution in [0.5, 0.6) is 0 Å². The summed E-state index contributed by atoms with van der Waals surface area (Å²) in [6.45, 7) is -0.575. The minimum Gasteiger partial charge on any atom is -0.452 e. The van der Waals surface area contributed by atoms with Gasteiger partial charge in [-0.2, -0.15) is 0 Å². The van der Waals surface area contributed by atoms with Crippen molar-refractivity contribution >= 4 is 40.9 Å². The summed E-state index contributed by atoms with van der Waals surface area (Å²) < 4.78 is 4.88. The van der Waals surface area contributed by atoms with E-state index in [1.54, 1.807) is 6.26 Å². The molecular formula is C17H15N3O6S. The fourth-order valence-corrected chi connectivity index (χ4v) is 2.64. The second-order valence-corrected chi connectivity index (χ2v) is 6.06. The van der Waals surface area contributed by atoms with Crippen molar-refractivity contribution in [3.8, 4) is 0 Å². The molecule has 0 aromatic heterocycles. The van der Waals surface area contributed by atoms with Crippen LogP contribution in [0.25, 0.3) is 0 Å². The Morgan fingerprint density at radius 3 is 2.33 bits per heavy atom. The molecule has 0 aliphatic carbocycles. The number of esters is 1. The van der Waals surface area contributed by atoms with Gasteiger partial charge in [0.25, 0.3) is 11.6 Å². The molecule has 0 heterocycles. The zero-order valence-corrected chi connectivity index (χ0v) is 14.9. The van der Waals surface area contributed by atoms with Crippen LogP contribution in [0.2, 0.25) is 0 Å². The van der Waals surface area contributed by atoms with Gasteiger partial charge >= 0.3 is 5.97 Å². The van der Waals surface area contributed by atoms with Gasteiger partial charge in [0.05, 0.1) is 15.4 Å². The molecule has 0 unspecified atom stereocenters. The number of primary amides is 1. The van der Waals surface area contributed by atoms with Gasteiger partial charge in [-0.25, -0.2) is 4.79 Å². The molecule has 0 bridgehead atoms. The van der Waals surface area contributed by atoms with Crippen LogP contribution < -0.4 is 11.1 Å². The van der Waals surface area contributed by atoms with Crippen molar-refractivity contribution in [1.29, 1.82) is 0 Å². The Bertz CT molecular complexity index is 898. The number of carbonyl (C=O) groups is 3. The number of anilines is 1. The van der Waals surface area contributed by atoms with E-state index < -0.39 is 29.3 Å². The van der Waals surface area contributed by atoms with Crippen molar-refractivity contribution < 1.29 is 24.0 Å². The fraction of sp³-hybridized carbons (Fsp3) is 0.118. The SMILES string of the molecule is CSc1ccc(C(=O)OCC(=O)Nc2ccc(C(N)=O)cc2)cc1[N+](=O)[O-]. The number of nitrogens with two attached hydrogens (primary N) is 1. The topological polar surface area (TPSA) is 142 Å². The summed E-state index contributed by atoms with van der Waals surface area (Å²) in [5.74, 6) is -2.06. The van der Waals surface area contributed by atoms with Crippen LogP contribution in [0.4, 0.5) is 11.4 Å². The van der Waals surface area contributed by atoms with Gasteiger partial charge in [0.2, 0.25) is 5.91 Å². The lowest BCUT2D eigenvalue weighted by Crippen LogP contribution is -2.21. The molecule has 2 aromatic carbocycles. The number of nitro groups is 1. The van der Waals surface area contributed by atoms with Crippen molar-refractivity contribution in [3.05, 3.63) is 63.7 Å². The van der Waals surface area contributed by atoms with Gasteiger partial charge < -0.3 is 15.8 Å². The summed E-state index contributed by atoms with van der Waals surface area (Å²) >= 11 is 1.18. The molecular weight excluding hydrogens is 374 g/mol. The van der Waals surface area contributed by atoms with E-state index in [9.17, 15) is 24.5 Å². The maximum absolute atomic E-state index is 12.0. The van der Waals surface area contributed by atoms with Crippen LogP contribution in [-0.2, 0) is 9.53 Å². The van der Waals surface area contributed by atoms with Crippen molar-refractivity contribution in [2.24, 2.45) is 5.73 Å². The van der Waals surface area contributed by atoms with E-state index in [2.05, 4.69) is 5.32 Å². The third kappa shape index (κ3) is 5.28. The summed E-state index contributed by atoms with van der Waals surface area (Å²) in [4.78, 5) is 45.7. The Labute approximate surface area is 158 Å². The molecule has 2 amide bonds. The predicted molar refractivity (Wildman–Crippen MR) is 98.7 cm³/mol. The molecule has 0 aliphatic rings. The normalized spacial score (nSPS) is 10.1. The standard InChI is InChI=1S/C17H15N3O6S/c1-27-14-7-4-11(8-13(14)20(24)25)17(23)26-9-15(21)19-12-5-2-10(3-6-12)16(18)22/h2-8H,9H2,1H3,(H2,18,22)(H,19,21). The van der Waals surface area contributed by atoms with Crippen LogP contribution in [-0.4, -0.2) is 35.6 Å². The number of benzene rings is 2. The number of nitrogens with zero attached hydrogens (tertiary/aromatic N) is 1. The smallest absolute Gasteiger partial charge is 0.338 e. The van der Waals surface area contributed by atoms with E-state index >= 15 is 0 Å². The number of amides is 2. The number of carbonyl (C=O) groups excluding carboxylic acids is 3. The van der Waals surface area contributed by atoms with Gasteiger partial charge in [-0.3, -0.25) is 19.7 Å². The maximum atomic E-state index is 12.0. The van der Waals surface area contributed by atoms with Crippen LogP contribution in [0.1, 0.15) is 20.7 Å². The Morgan fingerprint density at radius 1 is 1.15 bits per heavy atom. The van der Waals surface area contributed by atoms with Crippen molar-refractivity contribution in [2.45, 2.75) is 4.90 Å². The lowest BCUT2D eigenvalue weighted by Gasteiger charge is -2.07. The molecule has 0 fully saturated rings. The molecule has 3 N–H and O–H groups in total. The molecule has 0 radical (unpaired) electrons.